The van der Waals surface area contributed by atoms with Crippen molar-refractivity contribution in [3.63, 3.8) is 0 Å². The summed E-state index contributed by atoms with van der Waals surface area (Å²) in [5, 5.41) is 0.100. The lowest BCUT2D eigenvalue weighted by Crippen LogP contribution is -2.07. The Morgan fingerprint density at radius 1 is 1.73 bits per heavy atom. The highest BCUT2D eigenvalue weighted by molar-refractivity contribution is 9.10. The summed E-state index contributed by atoms with van der Waals surface area (Å²) < 4.78 is 6.76. The van der Waals surface area contributed by atoms with Crippen molar-refractivity contribution in [3.8, 4) is 0 Å². The first kappa shape index (κ1) is 11.9. The summed E-state index contributed by atoms with van der Waals surface area (Å²) >= 11 is 11.7. The van der Waals surface area contributed by atoms with Crippen molar-refractivity contribution in [1.29, 1.82) is 0 Å². The van der Waals surface area contributed by atoms with Crippen molar-refractivity contribution < 1.29 is 4.74 Å². The smallest absolute Gasteiger partial charge is 0.0703 e. The number of hydrogen-bond acceptors (Lipinski definition) is 2. The van der Waals surface area contributed by atoms with E-state index in [2.05, 4.69) is 28.9 Å². The van der Waals surface area contributed by atoms with Crippen LogP contribution in [0, 0.1) is 6.92 Å². The molecule has 15 heavy (non-hydrogen) atoms. The Balaban J connectivity index is 1.97. The number of halogens is 2. The number of hydrogen-bond donors (Lipinski definition) is 0. The number of aryl methyl sites for hydroxylation is 1. The van der Waals surface area contributed by atoms with E-state index >= 15 is 0 Å². The maximum absolute atomic E-state index is 6.38. The van der Waals surface area contributed by atoms with Crippen LogP contribution in [-0.2, 0) is 4.74 Å². The fourth-order valence-electron chi connectivity index (χ4n) is 1.81. The monoisotopic (exact) mass is 308 g/mol. The quantitative estimate of drug-likeness (QED) is 0.737. The van der Waals surface area contributed by atoms with Gasteiger partial charge in [-0.15, -0.1) is 22.9 Å². The van der Waals surface area contributed by atoms with Gasteiger partial charge in [0.15, 0.2) is 0 Å². The zero-order valence-corrected chi connectivity index (χ0v) is 11.8. The van der Waals surface area contributed by atoms with Crippen LogP contribution >= 0.6 is 38.9 Å². The second-order valence-corrected chi connectivity index (χ2v) is 6.56. The molecule has 0 spiro atoms. The summed E-state index contributed by atoms with van der Waals surface area (Å²) in [4.78, 5) is 2.54. The van der Waals surface area contributed by atoms with Crippen LogP contribution in [0.3, 0.4) is 0 Å². The van der Waals surface area contributed by atoms with E-state index in [1.54, 1.807) is 11.3 Å². The van der Waals surface area contributed by atoms with Gasteiger partial charge in [-0.2, -0.15) is 0 Å². The molecule has 2 rings (SSSR count). The Labute approximate surface area is 108 Å². The summed E-state index contributed by atoms with van der Waals surface area (Å²) in [7, 11) is 0. The fourth-order valence-corrected chi connectivity index (χ4v) is 3.76. The van der Waals surface area contributed by atoms with E-state index in [0.717, 1.165) is 19.4 Å². The highest BCUT2D eigenvalue weighted by atomic mass is 79.9. The van der Waals surface area contributed by atoms with Gasteiger partial charge in [0.1, 0.15) is 0 Å². The number of alkyl halides is 1. The predicted octanol–water partition coefficient (Wildman–Crippen LogP) is 4.67. The third-order valence-electron chi connectivity index (χ3n) is 2.68. The molecule has 0 amide bonds. The molecule has 0 bridgehead atoms. The molecule has 0 radical (unpaired) electrons. The Bertz CT molecular complexity index is 314. The molecule has 0 saturated carbocycles. The molecular formula is C11H14BrClOS. The fraction of sp³-hybridized carbons (Fsp3) is 0.636. The average Bonchev–Trinajstić information content (AvgIpc) is 2.78. The van der Waals surface area contributed by atoms with Crippen molar-refractivity contribution in [2.45, 2.75) is 37.7 Å². The van der Waals surface area contributed by atoms with E-state index in [4.69, 9.17) is 16.3 Å². The van der Waals surface area contributed by atoms with Crippen molar-refractivity contribution in [1.82, 2.24) is 0 Å². The molecule has 1 aromatic heterocycles. The largest absolute Gasteiger partial charge is 0.378 e. The van der Waals surface area contributed by atoms with Gasteiger partial charge in [-0.3, -0.25) is 0 Å². The number of rotatable bonds is 3. The van der Waals surface area contributed by atoms with Crippen LogP contribution in [0.5, 0.6) is 0 Å². The molecule has 2 atom stereocenters. The third-order valence-corrected chi connectivity index (χ3v) is 5.47. The zero-order chi connectivity index (χ0) is 10.8. The predicted molar refractivity (Wildman–Crippen MR) is 68.9 cm³/mol. The second kappa shape index (κ2) is 5.17. The van der Waals surface area contributed by atoms with E-state index in [-0.39, 0.29) is 5.38 Å². The van der Waals surface area contributed by atoms with E-state index in [1.807, 2.05) is 0 Å². The van der Waals surface area contributed by atoms with Crippen LogP contribution in [0.4, 0.5) is 0 Å². The summed E-state index contributed by atoms with van der Waals surface area (Å²) in [5.74, 6) is 0. The van der Waals surface area contributed by atoms with Crippen LogP contribution in [0.1, 0.15) is 34.4 Å². The lowest BCUT2D eigenvalue weighted by Gasteiger charge is -2.12. The maximum atomic E-state index is 6.38. The second-order valence-electron chi connectivity index (χ2n) is 3.89. The van der Waals surface area contributed by atoms with Gasteiger partial charge in [-0.05, 0) is 48.2 Å². The lowest BCUT2D eigenvalue weighted by atomic mass is 10.1. The maximum Gasteiger partial charge on any atom is 0.0703 e. The van der Waals surface area contributed by atoms with E-state index in [0.29, 0.717) is 6.10 Å². The minimum Gasteiger partial charge on any atom is -0.378 e. The molecule has 1 saturated heterocycles. The zero-order valence-electron chi connectivity index (χ0n) is 8.63. The molecule has 0 N–H and O–H groups in total. The van der Waals surface area contributed by atoms with E-state index < -0.39 is 0 Å². The Hall–Kier alpha value is 0.430. The van der Waals surface area contributed by atoms with Crippen LogP contribution in [0.25, 0.3) is 0 Å². The highest BCUT2D eigenvalue weighted by Gasteiger charge is 2.21. The molecule has 1 nitrogen and oxygen atoms in total. The first-order valence-electron chi connectivity index (χ1n) is 5.18. The Kier molecular flexibility index (Phi) is 4.10. The van der Waals surface area contributed by atoms with Gasteiger partial charge < -0.3 is 4.74 Å². The lowest BCUT2D eigenvalue weighted by molar-refractivity contribution is 0.103. The first-order chi connectivity index (χ1) is 7.16. The van der Waals surface area contributed by atoms with Gasteiger partial charge in [0.2, 0.25) is 0 Å². The molecule has 0 aromatic carbocycles. The molecule has 4 heteroatoms. The standard InChI is InChI=1S/C11H14BrClOS/c1-7-9(12)6-11(15-7)10(13)5-8-3-2-4-14-8/h6,8,10H,2-5H2,1H3. The number of thiophene rings is 1. The van der Waals surface area contributed by atoms with E-state index in [9.17, 15) is 0 Å². The van der Waals surface area contributed by atoms with Gasteiger partial charge >= 0.3 is 0 Å². The van der Waals surface area contributed by atoms with Gasteiger partial charge in [0.05, 0.1) is 11.5 Å². The van der Waals surface area contributed by atoms with Gasteiger partial charge in [-0.1, -0.05) is 0 Å². The highest BCUT2D eigenvalue weighted by Crippen LogP contribution is 2.37. The molecule has 2 unspecified atom stereocenters. The van der Waals surface area contributed by atoms with Crippen LogP contribution in [0.15, 0.2) is 10.5 Å². The van der Waals surface area contributed by atoms with Crippen LogP contribution < -0.4 is 0 Å². The molecule has 2 heterocycles. The molecule has 0 aliphatic carbocycles. The van der Waals surface area contributed by atoms with Crippen molar-refractivity contribution >= 4 is 38.9 Å². The molecule has 1 aromatic rings. The molecule has 84 valence electrons. The Morgan fingerprint density at radius 3 is 3.07 bits per heavy atom. The van der Waals surface area contributed by atoms with E-state index in [1.165, 1.54) is 20.6 Å². The topological polar surface area (TPSA) is 9.23 Å². The summed E-state index contributed by atoms with van der Waals surface area (Å²) in [6.45, 7) is 3.01. The van der Waals surface area contributed by atoms with Crippen molar-refractivity contribution in [2.24, 2.45) is 0 Å². The molecule has 1 aliphatic heterocycles. The number of ether oxygens (including phenoxy) is 1. The van der Waals surface area contributed by atoms with Gasteiger partial charge in [0, 0.05) is 20.8 Å². The first-order valence-corrected chi connectivity index (χ1v) is 7.23. The van der Waals surface area contributed by atoms with Crippen LogP contribution in [-0.4, -0.2) is 12.7 Å². The van der Waals surface area contributed by atoms with Crippen LogP contribution in [0.2, 0.25) is 0 Å². The SMILES string of the molecule is Cc1sc(C(Cl)CC2CCCO2)cc1Br. The van der Waals surface area contributed by atoms with Crippen molar-refractivity contribution in [2.75, 3.05) is 6.61 Å². The minimum absolute atomic E-state index is 0.100. The summed E-state index contributed by atoms with van der Waals surface area (Å²) in [6.07, 6.45) is 3.65. The molecule has 1 fully saturated rings. The van der Waals surface area contributed by atoms with Gasteiger partial charge in [0.25, 0.3) is 0 Å². The average molecular weight is 310 g/mol. The summed E-state index contributed by atoms with van der Waals surface area (Å²) in [5.41, 5.74) is 0. The third kappa shape index (κ3) is 2.96. The molecular weight excluding hydrogens is 296 g/mol. The van der Waals surface area contributed by atoms with Gasteiger partial charge in [-0.25, -0.2) is 0 Å². The minimum atomic E-state index is 0.100. The van der Waals surface area contributed by atoms with Crippen molar-refractivity contribution in [3.05, 3.63) is 20.3 Å². The Morgan fingerprint density at radius 2 is 2.53 bits per heavy atom. The summed E-state index contributed by atoms with van der Waals surface area (Å²) in [6, 6.07) is 2.13. The molecule has 1 aliphatic rings. The normalized spacial score (nSPS) is 23.3.